The predicted molar refractivity (Wildman–Crippen MR) is 153 cm³/mol. The summed E-state index contributed by atoms with van der Waals surface area (Å²) in [6, 6.07) is 25.4. The van der Waals surface area contributed by atoms with Crippen LogP contribution in [0.2, 0.25) is 0 Å². The predicted octanol–water partition coefficient (Wildman–Crippen LogP) is 4.71. The highest BCUT2D eigenvalue weighted by Gasteiger charge is 2.69. The maximum atomic E-state index is 13.0. The van der Waals surface area contributed by atoms with E-state index in [9.17, 15) is 24.6 Å². The first-order valence-electron chi connectivity index (χ1n) is 14.2. The van der Waals surface area contributed by atoms with Crippen molar-refractivity contribution in [2.75, 3.05) is 13.1 Å². The third-order valence-electron chi connectivity index (χ3n) is 8.39. The maximum Gasteiger partial charge on any atom is 0.336 e. The molecule has 3 N–H and O–H groups in total. The van der Waals surface area contributed by atoms with Crippen molar-refractivity contribution in [3.63, 3.8) is 0 Å². The molecule has 1 saturated carbocycles. The average molecular weight is 557 g/mol. The molecule has 1 aliphatic carbocycles. The van der Waals surface area contributed by atoms with Crippen LogP contribution in [0.5, 0.6) is 0 Å². The standard InChI is InChI=1S/C33H36N2O6/c36-30(37)28-14-12-25(18-23-8-3-1-4-9-23)20-27(28)22-41-34-16-7-17-35-32(40)33(35)21-26(13-15-29(33)31(38)39)19-24-10-5-2-6-11-24/h1-6,8-12,14,20,26,29,34H,7,13,15-19,21-22H2,(H,36,37)(H,38,39). The van der Waals surface area contributed by atoms with Gasteiger partial charge in [0.15, 0.2) is 0 Å². The van der Waals surface area contributed by atoms with Crippen LogP contribution in [0.15, 0.2) is 78.9 Å². The molecule has 0 radical (unpaired) electrons. The van der Waals surface area contributed by atoms with Gasteiger partial charge in [-0.05, 0) is 72.8 Å². The van der Waals surface area contributed by atoms with E-state index in [4.69, 9.17) is 4.84 Å². The Kier molecular flexibility index (Phi) is 8.81. The van der Waals surface area contributed by atoms with Gasteiger partial charge in [0.1, 0.15) is 5.54 Å². The molecule has 2 fully saturated rings. The molecular weight excluding hydrogens is 520 g/mol. The molecule has 0 bridgehead atoms. The minimum Gasteiger partial charge on any atom is -0.481 e. The number of carboxylic acids is 2. The molecule has 0 aromatic heterocycles. The van der Waals surface area contributed by atoms with E-state index in [-0.39, 0.29) is 24.0 Å². The number of hydrogen-bond acceptors (Lipinski definition) is 5. The summed E-state index contributed by atoms with van der Waals surface area (Å²) in [5.74, 6) is -2.38. The van der Waals surface area contributed by atoms with E-state index in [1.54, 1.807) is 11.0 Å². The van der Waals surface area contributed by atoms with Gasteiger partial charge < -0.3 is 15.1 Å². The van der Waals surface area contributed by atoms with Gasteiger partial charge in [0.25, 0.3) is 0 Å². The van der Waals surface area contributed by atoms with Crippen molar-refractivity contribution in [1.82, 2.24) is 10.4 Å². The molecule has 8 heteroatoms. The molecule has 41 heavy (non-hydrogen) atoms. The molecule has 3 unspecified atom stereocenters. The molecule has 3 aromatic rings. The highest BCUT2D eigenvalue weighted by molar-refractivity contribution is 6.06. The van der Waals surface area contributed by atoms with Crippen molar-refractivity contribution in [2.45, 2.75) is 50.7 Å². The second kappa shape index (κ2) is 12.7. The number of nitrogens with zero attached hydrogens (tertiary/aromatic N) is 1. The van der Waals surface area contributed by atoms with E-state index < -0.39 is 23.4 Å². The highest BCUT2D eigenvalue weighted by Crippen LogP contribution is 2.52. The van der Waals surface area contributed by atoms with E-state index in [1.165, 1.54) is 5.56 Å². The normalized spacial score (nSPS) is 21.7. The molecule has 2 aliphatic rings. The number of carbonyl (C=O) groups excluding carboxylic acids is 1. The highest BCUT2D eigenvalue weighted by atomic mass is 16.6. The Morgan fingerprint density at radius 2 is 1.63 bits per heavy atom. The molecule has 214 valence electrons. The zero-order valence-electron chi connectivity index (χ0n) is 23.0. The topological polar surface area (TPSA) is 116 Å². The number of hydrogen-bond donors (Lipinski definition) is 3. The van der Waals surface area contributed by atoms with Gasteiger partial charge in [-0.25, -0.2) is 10.3 Å². The quantitative estimate of drug-likeness (QED) is 0.159. The fourth-order valence-electron chi connectivity index (χ4n) is 6.36. The van der Waals surface area contributed by atoms with Crippen LogP contribution in [0, 0.1) is 11.8 Å². The number of nitrogens with one attached hydrogen (secondary N) is 1. The van der Waals surface area contributed by atoms with Crippen molar-refractivity contribution in [2.24, 2.45) is 11.8 Å². The van der Waals surface area contributed by atoms with E-state index in [0.29, 0.717) is 44.3 Å². The zero-order valence-corrected chi connectivity index (χ0v) is 23.0. The van der Waals surface area contributed by atoms with Gasteiger partial charge in [-0.1, -0.05) is 72.8 Å². The Labute approximate surface area is 239 Å². The largest absolute Gasteiger partial charge is 0.481 e. The SMILES string of the molecule is O=C(O)c1ccc(Cc2ccccc2)cc1CONCCCN1C(=O)C12CC(Cc1ccccc1)CCC2C(=O)O. The lowest BCUT2D eigenvalue weighted by molar-refractivity contribution is -0.145. The van der Waals surface area contributed by atoms with Crippen LogP contribution in [0.4, 0.5) is 0 Å². The second-order valence-corrected chi connectivity index (χ2v) is 11.1. The lowest BCUT2D eigenvalue weighted by Crippen LogP contribution is -2.42. The number of aromatic carboxylic acids is 1. The number of amides is 1. The van der Waals surface area contributed by atoms with Gasteiger partial charge in [0.05, 0.1) is 18.1 Å². The minimum atomic E-state index is -1.01. The Morgan fingerprint density at radius 3 is 2.32 bits per heavy atom. The van der Waals surface area contributed by atoms with E-state index in [1.807, 2.05) is 60.7 Å². The Bertz CT molecular complexity index is 1380. The van der Waals surface area contributed by atoms with Crippen LogP contribution in [-0.4, -0.2) is 51.6 Å². The number of carboxylic acid groups (broad SMARTS) is 2. The summed E-state index contributed by atoms with van der Waals surface area (Å²) in [5, 5.41) is 19.5. The molecule has 1 amide bonds. The van der Waals surface area contributed by atoms with Crippen molar-refractivity contribution < 1.29 is 29.4 Å². The van der Waals surface area contributed by atoms with E-state index in [0.717, 1.165) is 24.0 Å². The molecule has 3 aromatic carbocycles. The Balaban J connectivity index is 1.12. The lowest BCUT2D eigenvalue weighted by Gasteiger charge is -2.33. The summed E-state index contributed by atoms with van der Waals surface area (Å²) >= 11 is 0. The van der Waals surface area contributed by atoms with Crippen LogP contribution in [0.1, 0.15) is 58.3 Å². The van der Waals surface area contributed by atoms with E-state index >= 15 is 0 Å². The summed E-state index contributed by atoms with van der Waals surface area (Å²) < 4.78 is 0. The monoisotopic (exact) mass is 556 g/mol. The van der Waals surface area contributed by atoms with Crippen LogP contribution in [-0.2, 0) is 33.9 Å². The number of rotatable bonds is 13. The number of hydroxylamine groups is 1. The molecule has 3 atom stereocenters. The van der Waals surface area contributed by atoms with Crippen molar-refractivity contribution in [1.29, 1.82) is 0 Å². The van der Waals surface area contributed by atoms with Crippen LogP contribution < -0.4 is 5.48 Å². The van der Waals surface area contributed by atoms with Gasteiger partial charge in [-0.15, -0.1) is 0 Å². The minimum absolute atomic E-state index is 0.0649. The average Bonchev–Trinajstić information content (AvgIpc) is 3.51. The van der Waals surface area contributed by atoms with Crippen molar-refractivity contribution in [3.05, 3.63) is 107 Å². The van der Waals surface area contributed by atoms with Gasteiger partial charge in [0.2, 0.25) is 5.91 Å². The van der Waals surface area contributed by atoms with Crippen LogP contribution in [0.25, 0.3) is 0 Å². The number of benzene rings is 3. The summed E-state index contributed by atoms with van der Waals surface area (Å²) in [7, 11) is 0. The smallest absolute Gasteiger partial charge is 0.336 e. The van der Waals surface area contributed by atoms with Crippen LogP contribution >= 0.6 is 0 Å². The summed E-state index contributed by atoms with van der Waals surface area (Å²) in [6.45, 7) is 0.972. The van der Waals surface area contributed by atoms with Gasteiger partial charge >= 0.3 is 11.9 Å². The fraction of sp³-hybridized carbons (Fsp3) is 0.364. The lowest BCUT2D eigenvalue weighted by atomic mass is 9.71. The van der Waals surface area contributed by atoms with Crippen molar-refractivity contribution >= 4 is 17.8 Å². The van der Waals surface area contributed by atoms with Gasteiger partial charge in [-0.3, -0.25) is 14.4 Å². The van der Waals surface area contributed by atoms with Gasteiger partial charge in [0, 0.05) is 13.1 Å². The van der Waals surface area contributed by atoms with Gasteiger partial charge in [-0.2, -0.15) is 0 Å². The van der Waals surface area contributed by atoms with Crippen LogP contribution in [0.3, 0.4) is 0 Å². The first-order chi connectivity index (χ1) is 19.9. The Morgan fingerprint density at radius 1 is 0.927 bits per heavy atom. The number of carbonyl (C=O) groups is 3. The Hall–Kier alpha value is -4.01. The maximum absolute atomic E-state index is 13.0. The molecule has 5 rings (SSSR count). The first-order valence-corrected chi connectivity index (χ1v) is 14.2. The molecule has 1 aliphatic heterocycles. The molecule has 1 heterocycles. The second-order valence-electron chi connectivity index (χ2n) is 11.1. The molecule has 8 nitrogen and oxygen atoms in total. The summed E-state index contributed by atoms with van der Waals surface area (Å²) in [5.41, 5.74) is 6.10. The molecular formula is C33H36N2O6. The summed E-state index contributed by atoms with van der Waals surface area (Å²) in [6.07, 6.45) is 4.00. The zero-order chi connectivity index (χ0) is 28.8. The third kappa shape index (κ3) is 6.50. The first kappa shape index (κ1) is 28.5. The molecule has 1 spiro atoms. The molecule has 1 saturated heterocycles. The van der Waals surface area contributed by atoms with Crippen molar-refractivity contribution in [3.8, 4) is 0 Å². The summed E-state index contributed by atoms with van der Waals surface area (Å²) in [4.78, 5) is 44.2. The third-order valence-corrected chi connectivity index (χ3v) is 8.39. The van der Waals surface area contributed by atoms with E-state index in [2.05, 4.69) is 17.6 Å². The fourth-order valence-corrected chi connectivity index (χ4v) is 6.36. The number of aliphatic carboxylic acids is 1.